The molecule has 4 aromatic rings. The van der Waals surface area contributed by atoms with Crippen LogP contribution in [0, 0.1) is 13.8 Å². The van der Waals surface area contributed by atoms with Crippen molar-refractivity contribution >= 4 is 60.3 Å². The normalized spacial score (nSPS) is 15.4. The number of carbonyl (C=O) groups excluding carboxylic acids is 1. The summed E-state index contributed by atoms with van der Waals surface area (Å²) in [6, 6.07) is 13.5. The van der Waals surface area contributed by atoms with Crippen LogP contribution in [0.4, 0.5) is 0 Å². The summed E-state index contributed by atoms with van der Waals surface area (Å²) in [4.78, 5) is 30.4. The van der Waals surface area contributed by atoms with Crippen LogP contribution < -0.4 is 50.0 Å². The van der Waals surface area contributed by atoms with Crippen LogP contribution in [0.1, 0.15) is 54.2 Å². The molecule has 0 fully saturated rings. The third-order valence-electron chi connectivity index (χ3n) is 7.43. The standard InChI is InChI=1S/C17H17BClNO5.C15H13BClNO5.Na.H2O/c1-3-23-16(21)9-14-17-10(2)6-12(7-13(17)18(22)25-14)24-11-4-5-20-15(19)8-11;1-8-4-10(22-9-2-3-18-13(17)6-9)5-11-15(8)12(7-14(19)20)23-16(11)21;;/h4-8,14,22H,3,9H2,1-2H3;2-6,12,21H,7H2,1H3,(H,19,20);;1H2/q;;+1;/p-1. The van der Waals surface area contributed by atoms with Crippen LogP contribution in [-0.4, -0.2) is 63.4 Å². The Bertz CT molecular complexity index is 1840. The third-order valence-corrected chi connectivity index (χ3v) is 7.85. The summed E-state index contributed by atoms with van der Waals surface area (Å²) >= 11 is 11.7. The van der Waals surface area contributed by atoms with Gasteiger partial charge in [0.05, 0.1) is 31.7 Å². The number of carbonyl (C=O) groups is 2. The zero-order valence-corrected chi connectivity index (χ0v) is 31.0. The van der Waals surface area contributed by atoms with Crippen LogP contribution in [0.25, 0.3) is 0 Å². The van der Waals surface area contributed by atoms with Gasteiger partial charge in [-0.3, -0.25) is 9.59 Å². The van der Waals surface area contributed by atoms with Crippen LogP contribution in [0.15, 0.2) is 60.9 Å². The van der Waals surface area contributed by atoms with Gasteiger partial charge in [-0.15, -0.1) is 0 Å². The maximum absolute atomic E-state index is 11.7. The predicted octanol–water partition coefficient (Wildman–Crippen LogP) is 1.44. The monoisotopic (exact) mass is 734 g/mol. The summed E-state index contributed by atoms with van der Waals surface area (Å²) < 4.78 is 27.3. The van der Waals surface area contributed by atoms with Crippen molar-refractivity contribution in [3.8, 4) is 23.0 Å². The van der Waals surface area contributed by atoms with Gasteiger partial charge in [0.1, 0.15) is 33.3 Å². The molecule has 0 aliphatic carbocycles. The molecule has 0 saturated heterocycles. The van der Waals surface area contributed by atoms with E-state index in [1.165, 1.54) is 6.20 Å². The van der Waals surface area contributed by atoms with Gasteiger partial charge in [0.2, 0.25) is 0 Å². The molecular weight excluding hydrogens is 704 g/mol. The molecule has 2 aromatic carbocycles. The summed E-state index contributed by atoms with van der Waals surface area (Å²) in [7, 11) is -2.28. The van der Waals surface area contributed by atoms with Gasteiger partial charge in [-0.25, -0.2) is 9.97 Å². The second-order valence-electron chi connectivity index (χ2n) is 10.9. The Labute approximate surface area is 320 Å². The summed E-state index contributed by atoms with van der Waals surface area (Å²) in [5.74, 6) is 0.746. The van der Waals surface area contributed by atoms with E-state index in [9.17, 15) is 19.6 Å². The molecule has 13 nitrogen and oxygen atoms in total. The number of hydrogen-bond acceptors (Lipinski definition) is 12. The van der Waals surface area contributed by atoms with Crippen LogP contribution in [-0.2, 0) is 23.6 Å². The second-order valence-corrected chi connectivity index (χ2v) is 11.7. The van der Waals surface area contributed by atoms with Crippen molar-refractivity contribution < 1.29 is 83.3 Å². The van der Waals surface area contributed by atoms with Crippen molar-refractivity contribution in [1.82, 2.24) is 9.97 Å². The van der Waals surface area contributed by atoms with Gasteiger partial charge in [-0.05, 0) is 90.3 Å². The van der Waals surface area contributed by atoms with Crippen molar-refractivity contribution in [1.29, 1.82) is 0 Å². The van der Waals surface area contributed by atoms with E-state index in [0.717, 1.165) is 16.7 Å². The average molecular weight is 735 g/mol. The van der Waals surface area contributed by atoms with Crippen molar-refractivity contribution in [2.75, 3.05) is 6.61 Å². The van der Waals surface area contributed by atoms with E-state index in [-0.39, 0.29) is 53.8 Å². The van der Waals surface area contributed by atoms with Crippen molar-refractivity contribution in [3.63, 3.8) is 0 Å². The number of ether oxygens (including phenoxy) is 3. The molecule has 4 heterocycles. The van der Waals surface area contributed by atoms with Crippen LogP contribution in [0.3, 0.4) is 0 Å². The zero-order chi connectivity index (χ0) is 34.5. The average Bonchev–Trinajstić information content (AvgIpc) is 3.48. The van der Waals surface area contributed by atoms with Gasteiger partial charge in [0.25, 0.3) is 0 Å². The number of aromatic nitrogens is 2. The van der Waals surface area contributed by atoms with Crippen LogP contribution >= 0.6 is 23.2 Å². The minimum atomic E-state index is -1.17. The topological polar surface area (TPSA) is 197 Å². The Morgan fingerprint density at radius 1 is 0.780 bits per heavy atom. The molecule has 50 heavy (non-hydrogen) atoms. The molecule has 0 spiro atoms. The molecule has 0 amide bonds. The Kier molecular flexibility index (Phi) is 15.1. The van der Waals surface area contributed by atoms with E-state index >= 15 is 0 Å². The number of halogens is 2. The van der Waals surface area contributed by atoms with Crippen molar-refractivity contribution in [2.45, 2.75) is 45.8 Å². The molecule has 18 heteroatoms. The maximum Gasteiger partial charge on any atom is 1.00 e. The molecule has 2 atom stereocenters. The zero-order valence-electron chi connectivity index (χ0n) is 27.5. The molecule has 256 valence electrons. The van der Waals surface area contributed by atoms with Gasteiger partial charge in [0.15, 0.2) is 0 Å². The fourth-order valence-electron chi connectivity index (χ4n) is 5.58. The minimum absolute atomic E-state index is 0. The third kappa shape index (κ3) is 10.2. The van der Waals surface area contributed by atoms with Crippen LogP contribution in [0.2, 0.25) is 10.3 Å². The molecule has 2 aliphatic heterocycles. The van der Waals surface area contributed by atoms with Gasteiger partial charge >= 0.3 is 55.7 Å². The molecule has 2 aromatic heterocycles. The molecular formula is C32H31B2Cl2N2NaO11. The van der Waals surface area contributed by atoms with E-state index in [1.807, 2.05) is 19.9 Å². The fraction of sp³-hybridized carbons (Fsp3) is 0.250. The van der Waals surface area contributed by atoms with E-state index in [0.29, 0.717) is 56.4 Å². The number of fused-ring (bicyclic) bond motifs is 2. The van der Waals surface area contributed by atoms with Crippen LogP contribution in [0.5, 0.6) is 23.0 Å². The Morgan fingerprint density at radius 3 is 1.62 bits per heavy atom. The van der Waals surface area contributed by atoms with E-state index in [1.54, 1.807) is 55.6 Å². The summed E-state index contributed by atoms with van der Waals surface area (Å²) in [5.41, 5.74) is 4.25. The van der Waals surface area contributed by atoms with Gasteiger partial charge in [-0.2, -0.15) is 0 Å². The van der Waals surface area contributed by atoms with Gasteiger partial charge in [-0.1, -0.05) is 23.2 Å². The number of aliphatic carboxylic acids is 1. The molecule has 2 aliphatic rings. The number of benzene rings is 2. The van der Waals surface area contributed by atoms with Crippen molar-refractivity contribution in [2.24, 2.45) is 0 Å². The summed E-state index contributed by atoms with van der Waals surface area (Å²) in [5, 5.41) is 29.8. The number of esters is 1. The predicted molar refractivity (Wildman–Crippen MR) is 179 cm³/mol. The Morgan fingerprint density at radius 2 is 1.22 bits per heavy atom. The molecule has 0 saturated carbocycles. The first-order chi connectivity index (χ1) is 22.9. The number of carboxylic acids is 1. The molecule has 6 rings (SSSR count). The van der Waals surface area contributed by atoms with E-state index in [2.05, 4.69) is 9.97 Å². The quantitative estimate of drug-likeness (QED) is 0.127. The van der Waals surface area contributed by atoms with E-state index in [4.69, 9.17) is 51.8 Å². The Balaban J connectivity index is 0.000000261. The number of carboxylic acid groups (broad SMARTS) is 1. The number of pyridine rings is 2. The van der Waals surface area contributed by atoms with Gasteiger partial charge in [0, 0.05) is 24.5 Å². The summed E-state index contributed by atoms with van der Waals surface area (Å²) in [6.07, 6.45) is 1.73. The maximum atomic E-state index is 11.7. The number of nitrogens with zero attached hydrogens (tertiary/aromatic N) is 2. The Hall–Kier alpha value is -3.21. The smallest absolute Gasteiger partial charge is 0.870 e. The van der Waals surface area contributed by atoms with Crippen molar-refractivity contribution in [3.05, 3.63) is 93.5 Å². The summed E-state index contributed by atoms with van der Waals surface area (Å²) in [6.45, 7) is 5.75. The molecule has 0 bridgehead atoms. The largest absolute Gasteiger partial charge is 1.00 e. The number of rotatable bonds is 9. The second kappa shape index (κ2) is 18.3. The fourth-order valence-corrected chi connectivity index (χ4v) is 5.91. The van der Waals surface area contributed by atoms with E-state index < -0.39 is 32.4 Å². The minimum Gasteiger partial charge on any atom is -0.870 e. The number of aryl methyl sites for hydroxylation is 2. The van der Waals surface area contributed by atoms with Gasteiger partial charge < -0.3 is 44.2 Å². The SMILES string of the molecule is CCOC(=O)CC1OB(O)c2cc(Oc3ccnc(Cl)c3)cc(C)c21.Cc1cc(Oc2ccnc(Cl)c2)cc2c1C(CC(=O)O)OB2O.[Na+].[OH-]. The number of hydrogen-bond donors (Lipinski definition) is 3. The molecule has 0 radical (unpaired) electrons. The first kappa shape index (κ1) is 41.2. The first-order valence-corrected chi connectivity index (χ1v) is 15.6. The molecule has 2 unspecified atom stereocenters. The first-order valence-electron chi connectivity index (χ1n) is 14.8. The molecule has 4 N–H and O–H groups in total.